The predicted octanol–water partition coefficient (Wildman–Crippen LogP) is 4.48. The van der Waals surface area contributed by atoms with Crippen molar-refractivity contribution in [3.05, 3.63) is 21.7 Å². The summed E-state index contributed by atoms with van der Waals surface area (Å²) in [6.07, 6.45) is 2.09. The molecule has 0 spiro atoms. The Kier molecular flexibility index (Phi) is 6.17. The highest BCUT2D eigenvalue weighted by Crippen LogP contribution is 2.38. The van der Waals surface area contributed by atoms with Gasteiger partial charge < -0.3 is 15.7 Å². The lowest BCUT2D eigenvalue weighted by Gasteiger charge is -2.18. The van der Waals surface area contributed by atoms with Gasteiger partial charge in [-0.3, -0.25) is 0 Å². The summed E-state index contributed by atoms with van der Waals surface area (Å²) in [5, 5.41) is 17.1. The molecular weight excluding hydrogens is 303 g/mol. The highest BCUT2D eigenvalue weighted by atomic mass is 35.5. The number of phenols is 1. The number of halogens is 2. The molecule has 0 aliphatic rings. The maximum atomic E-state index is 9.95. The second-order valence-electron chi connectivity index (χ2n) is 4.48. The van der Waals surface area contributed by atoms with E-state index in [9.17, 15) is 5.11 Å². The van der Waals surface area contributed by atoms with Crippen molar-refractivity contribution < 1.29 is 5.11 Å². The summed E-state index contributed by atoms with van der Waals surface area (Å²) >= 11 is 17.2. The molecule has 3 N–H and O–H groups in total. The minimum Gasteiger partial charge on any atom is -0.504 e. The van der Waals surface area contributed by atoms with E-state index in [2.05, 4.69) is 17.6 Å². The van der Waals surface area contributed by atoms with E-state index in [0.717, 1.165) is 12.8 Å². The number of rotatable bonds is 4. The molecular formula is C13H18Cl2N2OS. The van der Waals surface area contributed by atoms with Crippen molar-refractivity contribution in [1.29, 1.82) is 0 Å². The van der Waals surface area contributed by atoms with E-state index in [-0.39, 0.29) is 16.8 Å². The van der Waals surface area contributed by atoms with Crippen LogP contribution in [-0.4, -0.2) is 16.3 Å². The molecule has 1 aromatic carbocycles. The number of benzene rings is 1. The predicted molar refractivity (Wildman–Crippen MR) is 86.6 cm³/mol. The molecule has 0 aliphatic heterocycles. The molecule has 1 atom stereocenters. The topological polar surface area (TPSA) is 44.3 Å². The highest BCUT2D eigenvalue weighted by Gasteiger charge is 2.13. The van der Waals surface area contributed by atoms with Gasteiger partial charge in [-0.25, -0.2) is 0 Å². The molecule has 0 radical (unpaired) electrons. The van der Waals surface area contributed by atoms with Crippen molar-refractivity contribution in [3.63, 3.8) is 0 Å². The van der Waals surface area contributed by atoms with Gasteiger partial charge in [-0.2, -0.15) is 0 Å². The van der Waals surface area contributed by atoms with E-state index in [0.29, 0.717) is 21.4 Å². The Balaban J connectivity index is 2.80. The normalized spacial score (nSPS) is 12.1. The number of hydrogen-bond acceptors (Lipinski definition) is 2. The lowest BCUT2D eigenvalue weighted by molar-refractivity contribution is 0.477. The Bertz CT molecular complexity index is 480. The fourth-order valence-electron chi connectivity index (χ4n) is 1.69. The second kappa shape index (κ2) is 7.17. The molecule has 3 nitrogen and oxygen atoms in total. The molecule has 0 aliphatic carbocycles. The van der Waals surface area contributed by atoms with Crippen LogP contribution in [0.2, 0.25) is 10.0 Å². The average molecular weight is 321 g/mol. The number of nitrogens with one attached hydrogen (secondary N) is 2. The molecule has 0 saturated carbocycles. The first kappa shape index (κ1) is 16.3. The Morgan fingerprint density at radius 2 is 2.11 bits per heavy atom. The Labute approximate surface area is 129 Å². The molecule has 106 valence electrons. The minimum atomic E-state index is -0.0455. The van der Waals surface area contributed by atoms with Crippen molar-refractivity contribution in [2.75, 3.05) is 5.32 Å². The van der Waals surface area contributed by atoms with Crippen LogP contribution in [0.1, 0.15) is 32.3 Å². The van der Waals surface area contributed by atoms with Crippen LogP contribution in [0.3, 0.4) is 0 Å². The van der Waals surface area contributed by atoms with E-state index in [1.54, 1.807) is 13.0 Å². The van der Waals surface area contributed by atoms with Crippen LogP contribution in [0, 0.1) is 6.92 Å². The van der Waals surface area contributed by atoms with Crippen molar-refractivity contribution in [2.45, 2.75) is 39.7 Å². The quantitative estimate of drug-likeness (QED) is 0.565. The minimum absolute atomic E-state index is 0.0455. The van der Waals surface area contributed by atoms with E-state index in [1.165, 1.54) is 0 Å². The SMILES string of the molecule is CCCC(C)NC(=S)Nc1cc(Cl)c(C)c(Cl)c1O. The van der Waals surface area contributed by atoms with Gasteiger partial charge in [-0.05, 0) is 44.1 Å². The number of aromatic hydroxyl groups is 1. The third kappa shape index (κ3) is 4.41. The van der Waals surface area contributed by atoms with Gasteiger partial charge in [-0.15, -0.1) is 0 Å². The summed E-state index contributed by atoms with van der Waals surface area (Å²) in [6.45, 7) is 5.90. The lowest BCUT2D eigenvalue weighted by atomic mass is 10.2. The fraction of sp³-hybridized carbons (Fsp3) is 0.462. The summed E-state index contributed by atoms with van der Waals surface area (Å²) in [6, 6.07) is 1.87. The average Bonchev–Trinajstić information content (AvgIpc) is 2.33. The van der Waals surface area contributed by atoms with Crippen LogP contribution in [0.15, 0.2) is 6.07 Å². The molecule has 0 heterocycles. The lowest BCUT2D eigenvalue weighted by Crippen LogP contribution is -2.35. The molecule has 6 heteroatoms. The molecule has 0 bridgehead atoms. The zero-order valence-electron chi connectivity index (χ0n) is 11.2. The highest BCUT2D eigenvalue weighted by molar-refractivity contribution is 7.80. The monoisotopic (exact) mass is 320 g/mol. The summed E-state index contributed by atoms with van der Waals surface area (Å²) in [5.41, 5.74) is 1.05. The molecule has 0 amide bonds. The number of anilines is 1. The van der Waals surface area contributed by atoms with Gasteiger partial charge in [0, 0.05) is 11.1 Å². The van der Waals surface area contributed by atoms with Crippen LogP contribution in [0.5, 0.6) is 5.75 Å². The van der Waals surface area contributed by atoms with Crippen LogP contribution in [-0.2, 0) is 0 Å². The molecule has 0 aromatic heterocycles. The van der Waals surface area contributed by atoms with Gasteiger partial charge in [0.05, 0.1) is 10.7 Å². The molecule has 0 saturated heterocycles. The van der Waals surface area contributed by atoms with E-state index in [1.807, 2.05) is 6.92 Å². The number of phenolic OH excluding ortho intramolecular Hbond substituents is 1. The van der Waals surface area contributed by atoms with E-state index >= 15 is 0 Å². The Morgan fingerprint density at radius 3 is 2.68 bits per heavy atom. The van der Waals surface area contributed by atoms with E-state index < -0.39 is 0 Å². The Morgan fingerprint density at radius 1 is 1.47 bits per heavy atom. The first-order valence-electron chi connectivity index (χ1n) is 6.11. The van der Waals surface area contributed by atoms with Crippen molar-refractivity contribution in [3.8, 4) is 5.75 Å². The zero-order valence-corrected chi connectivity index (χ0v) is 13.5. The van der Waals surface area contributed by atoms with Crippen LogP contribution in [0.4, 0.5) is 5.69 Å². The summed E-state index contributed by atoms with van der Waals surface area (Å²) in [5.74, 6) is -0.0455. The second-order valence-corrected chi connectivity index (χ2v) is 5.68. The first-order chi connectivity index (χ1) is 8.86. The van der Waals surface area contributed by atoms with Gasteiger partial charge in [0.15, 0.2) is 10.9 Å². The first-order valence-corrected chi connectivity index (χ1v) is 7.28. The van der Waals surface area contributed by atoms with Crippen LogP contribution in [0.25, 0.3) is 0 Å². The standard InChI is InChI=1S/C13H18Cl2N2OS/c1-4-5-7(2)16-13(19)17-10-6-9(14)8(3)11(15)12(10)18/h6-7,18H,4-5H2,1-3H3,(H2,16,17,19). The third-order valence-electron chi connectivity index (χ3n) is 2.77. The molecule has 1 aromatic rings. The maximum Gasteiger partial charge on any atom is 0.171 e. The summed E-state index contributed by atoms with van der Waals surface area (Å²) < 4.78 is 0. The molecule has 1 rings (SSSR count). The largest absolute Gasteiger partial charge is 0.504 e. The third-order valence-corrected chi connectivity index (χ3v) is 3.84. The van der Waals surface area contributed by atoms with Gasteiger partial charge >= 0.3 is 0 Å². The van der Waals surface area contributed by atoms with Crippen molar-refractivity contribution in [1.82, 2.24) is 5.32 Å². The summed E-state index contributed by atoms with van der Waals surface area (Å²) in [4.78, 5) is 0. The van der Waals surface area contributed by atoms with Gasteiger partial charge in [0.1, 0.15) is 0 Å². The van der Waals surface area contributed by atoms with E-state index in [4.69, 9.17) is 35.4 Å². The van der Waals surface area contributed by atoms with Gasteiger partial charge in [0.2, 0.25) is 0 Å². The fourth-order valence-corrected chi connectivity index (χ4v) is 2.45. The summed E-state index contributed by atoms with van der Waals surface area (Å²) in [7, 11) is 0. The zero-order chi connectivity index (χ0) is 14.6. The molecule has 19 heavy (non-hydrogen) atoms. The van der Waals surface area contributed by atoms with Gasteiger partial charge in [-0.1, -0.05) is 36.5 Å². The maximum absolute atomic E-state index is 9.95. The van der Waals surface area contributed by atoms with Crippen LogP contribution >= 0.6 is 35.4 Å². The van der Waals surface area contributed by atoms with Crippen molar-refractivity contribution in [2.24, 2.45) is 0 Å². The van der Waals surface area contributed by atoms with Gasteiger partial charge in [0.25, 0.3) is 0 Å². The smallest absolute Gasteiger partial charge is 0.171 e. The molecule has 0 fully saturated rings. The van der Waals surface area contributed by atoms with Crippen molar-refractivity contribution >= 4 is 46.2 Å². The Hall–Kier alpha value is -0.710. The van der Waals surface area contributed by atoms with Crippen LogP contribution < -0.4 is 10.6 Å². The molecule has 1 unspecified atom stereocenters. The number of thiocarbonyl (C=S) groups is 1. The number of hydrogen-bond donors (Lipinski definition) is 3.